The largest absolute Gasteiger partial charge is 0.467 e. The van der Waals surface area contributed by atoms with Gasteiger partial charge in [-0.05, 0) is 74.3 Å². The molecule has 0 spiro atoms. The standard InChI is InChI=1S/C36H40N4O5.ClH/c1-27(39-23-20-35(21-24-39,29-12-6-4-7-13-29)30-14-8-5-9-15-30)25-36(34(42)45-3,31-16-18-32(19-17-31)40(43)44)38(2)33(41)28-11-10-22-37-26-28;/h4-10,12-19,22,26-27,37H,11,20-21,23-25H2,1-3H3;1H. The second-order valence-corrected chi connectivity index (χ2v) is 11.9. The molecule has 0 aliphatic carbocycles. The number of likely N-dealkylation sites (N-methyl/N-ethyl adjacent to an activating group) is 1. The zero-order chi connectivity index (χ0) is 32.0. The second kappa shape index (κ2) is 14.7. The number of hydrogen-bond acceptors (Lipinski definition) is 7. The fraction of sp³-hybridized carbons (Fsp3) is 0.333. The number of benzene rings is 3. The van der Waals surface area contributed by atoms with Crippen LogP contribution in [0.15, 0.2) is 109 Å². The first kappa shape index (κ1) is 34.4. The van der Waals surface area contributed by atoms with Crippen molar-refractivity contribution in [3.05, 3.63) is 136 Å². The summed E-state index contributed by atoms with van der Waals surface area (Å²) in [5.74, 6) is -0.924. The molecule has 5 rings (SSSR count). The molecule has 2 atom stereocenters. The highest BCUT2D eigenvalue weighted by molar-refractivity contribution is 5.98. The number of nitro benzene ring substituents is 1. The van der Waals surface area contributed by atoms with Gasteiger partial charge in [0, 0.05) is 48.8 Å². The van der Waals surface area contributed by atoms with Gasteiger partial charge in [-0.3, -0.25) is 14.9 Å². The number of allylic oxidation sites excluding steroid dienone is 1. The number of esters is 1. The molecule has 1 saturated heterocycles. The van der Waals surface area contributed by atoms with Gasteiger partial charge in [0.25, 0.3) is 11.6 Å². The Balaban J connectivity index is 0.00000480. The first-order valence-electron chi connectivity index (χ1n) is 15.3. The molecular weight excluding hydrogens is 604 g/mol. The van der Waals surface area contributed by atoms with Crippen molar-refractivity contribution in [3.63, 3.8) is 0 Å². The van der Waals surface area contributed by atoms with Crippen molar-refractivity contribution in [2.24, 2.45) is 0 Å². The number of hydrogen-bond donors (Lipinski definition) is 1. The van der Waals surface area contributed by atoms with Gasteiger partial charge in [-0.25, -0.2) is 4.79 Å². The van der Waals surface area contributed by atoms with Crippen molar-refractivity contribution >= 4 is 30.0 Å². The van der Waals surface area contributed by atoms with Gasteiger partial charge in [0.05, 0.1) is 12.0 Å². The number of halogens is 1. The van der Waals surface area contributed by atoms with E-state index in [1.165, 1.54) is 35.3 Å². The Bertz CT molecular complexity index is 1530. The van der Waals surface area contributed by atoms with E-state index in [-0.39, 0.29) is 41.9 Å². The van der Waals surface area contributed by atoms with Crippen molar-refractivity contribution in [2.45, 2.75) is 49.6 Å². The summed E-state index contributed by atoms with van der Waals surface area (Å²) < 4.78 is 5.41. The van der Waals surface area contributed by atoms with E-state index in [2.05, 4.69) is 65.7 Å². The van der Waals surface area contributed by atoms with Crippen molar-refractivity contribution in [2.75, 3.05) is 27.2 Å². The summed E-state index contributed by atoms with van der Waals surface area (Å²) in [4.78, 5) is 42.7. The Morgan fingerprint density at radius 2 is 1.57 bits per heavy atom. The maximum atomic E-state index is 14.0. The molecule has 3 aromatic carbocycles. The fourth-order valence-electron chi connectivity index (χ4n) is 6.98. The maximum Gasteiger partial charge on any atom is 0.336 e. The predicted octanol–water partition coefficient (Wildman–Crippen LogP) is 6.09. The number of dihydropyridines is 1. The Hall–Kier alpha value is -4.47. The lowest BCUT2D eigenvalue weighted by molar-refractivity contribution is -0.384. The molecule has 242 valence electrons. The van der Waals surface area contributed by atoms with Crippen LogP contribution in [0, 0.1) is 10.1 Å². The number of methoxy groups -OCH3 is 1. The van der Waals surface area contributed by atoms with Crippen LogP contribution >= 0.6 is 12.4 Å². The molecule has 3 aromatic rings. The van der Waals surface area contributed by atoms with E-state index < -0.39 is 16.4 Å². The molecule has 1 fully saturated rings. The van der Waals surface area contributed by atoms with E-state index in [1.807, 2.05) is 18.2 Å². The number of ether oxygens (including phenoxy) is 1. The third kappa shape index (κ3) is 6.57. The minimum absolute atomic E-state index is 0. The number of likely N-dealkylation sites (tertiary alicyclic amines) is 1. The Morgan fingerprint density at radius 1 is 1.00 bits per heavy atom. The third-order valence-electron chi connectivity index (χ3n) is 9.56. The second-order valence-electron chi connectivity index (χ2n) is 11.9. The monoisotopic (exact) mass is 644 g/mol. The summed E-state index contributed by atoms with van der Waals surface area (Å²) in [7, 11) is 2.92. The summed E-state index contributed by atoms with van der Waals surface area (Å²) in [6.07, 6.45) is 7.65. The Morgan fingerprint density at radius 3 is 2.04 bits per heavy atom. The van der Waals surface area contributed by atoms with Gasteiger partial charge in [-0.1, -0.05) is 66.7 Å². The molecule has 0 bridgehead atoms. The van der Waals surface area contributed by atoms with E-state index >= 15 is 0 Å². The maximum absolute atomic E-state index is 14.0. The number of non-ortho nitro benzene ring substituents is 1. The molecule has 0 aromatic heterocycles. The van der Waals surface area contributed by atoms with Gasteiger partial charge >= 0.3 is 5.97 Å². The molecule has 10 heteroatoms. The Kier molecular flexibility index (Phi) is 11.0. The molecule has 2 aliphatic heterocycles. The molecule has 9 nitrogen and oxygen atoms in total. The predicted molar refractivity (Wildman–Crippen MR) is 180 cm³/mol. The van der Waals surface area contributed by atoms with Crippen LogP contribution in [-0.2, 0) is 25.3 Å². The van der Waals surface area contributed by atoms with E-state index in [0.29, 0.717) is 17.6 Å². The number of rotatable bonds is 10. The summed E-state index contributed by atoms with van der Waals surface area (Å²) in [6, 6.07) is 27.0. The molecule has 2 aliphatic rings. The van der Waals surface area contributed by atoms with Gasteiger partial charge < -0.3 is 19.9 Å². The van der Waals surface area contributed by atoms with Gasteiger partial charge in [-0.15, -0.1) is 12.4 Å². The topological polar surface area (TPSA) is 105 Å². The molecule has 46 heavy (non-hydrogen) atoms. The Labute approximate surface area is 276 Å². The minimum Gasteiger partial charge on any atom is -0.467 e. The molecule has 2 heterocycles. The van der Waals surface area contributed by atoms with E-state index in [0.717, 1.165) is 25.9 Å². The van der Waals surface area contributed by atoms with Crippen LogP contribution in [0.3, 0.4) is 0 Å². The lowest BCUT2D eigenvalue weighted by atomic mass is 9.67. The van der Waals surface area contributed by atoms with Gasteiger partial charge in [0.1, 0.15) is 0 Å². The third-order valence-corrected chi connectivity index (χ3v) is 9.56. The number of piperidine rings is 1. The van der Waals surface area contributed by atoms with Gasteiger partial charge in [-0.2, -0.15) is 0 Å². The number of nitrogens with zero attached hydrogens (tertiary/aromatic N) is 3. The highest BCUT2D eigenvalue weighted by Gasteiger charge is 2.50. The SMILES string of the molecule is COC(=O)C(CC(C)N1CCC(c2ccccc2)(c2ccccc2)CC1)(c1ccc([N+](=O)[O-])cc1)N(C)C(=O)C1=CNC=CC1.Cl. The molecule has 0 saturated carbocycles. The molecule has 1 amide bonds. The molecule has 1 N–H and O–H groups in total. The summed E-state index contributed by atoms with van der Waals surface area (Å²) in [5, 5.41) is 14.4. The average molecular weight is 645 g/mol. The van der Waals surface area contributed by atoms with E-state index in [4.69, 9.17) is 4.74 Å². The van der Waals surface area contributed by atoms with Crippen molar-refractivity contribution < 1.29 is 19.2 Å². The van der Waals surface area contributed by atoms with Gasteiger partial charge in [0.15, 0.2) is 5.54 Å². The van der Waals surface area contributed by atoms with Gasteiger partial charge in [0.2, 0.25) is 0 Å². The first-order chi connectivity index (χ1) is 21.7. The quantitative estimate of drug-likeness (QED) is 0.162. The smallest absolute Gasteiger partial charge is 0.336 e. The van der Waals surface area contributed by atoms with Crippen molar-refractivity contribution in [1.29, 1.82) is 0 Å². The number of carbonyl (C=O) groups excluding carboxylic acids is 2. The van der Waals surface area contributed by atoms with Crippen LogP contribution in [0.25, 0.3) is 0 Å². The van der Waals surface area contributed by atoms with Crippen LogP contribution in [0.2, 0.25) is 0 Å². The summed E-state index contributed by atoms with van der Waals surface area (Å²) >= 11 is 0. The minimum atomic E-state index is -1.53. The zero-order valence-corrected chi connectivity index (χ0v) is 27.2. The first-order valence-corrected chi connectivity index (χ1v) is 15.3. The van der Waals surface area contributed by atoms with Crippen LogP contribution in [0.1, 0.15) is 49.3 Å². The lowest BCUT2D eigenvalue weighted by Crippen LogP contribution is -2.57. The van der Waals surface area contributed by atoms with Crippen LogP contribution < -0.4 is 5.32 Å². The summed E-state index contributed by atoms with van der Waals surface area (Å²) in [5.41, 5.74) is 1.75. The van der Waals surface area contributed by atoms with Crippen molar-refractivity contribution in [3.8, 4) is 0 Å². The lowest BCUT2D eigenvalue weighted by Gasteiger charge is -2.47. The molecule has 2 unspecified atom stereocenters. The number of carbonyl (C=O) groups is 2. The van der Waals surface area contributed by atoms with Crippen LogP contribution in [0.4, 0.5) is 5.69 Å². The zero-order valence-electron chi connectivity index (χ0n) is 26.4. The van der Waals surface area contributed by atoms with E-state index in [1.54, 1.807) is 31.6 Å². The summed E-state index contributed by atoms with van der Waals surface area (Å²) in [6.45, 7) is 3.63. The highest BCUT2D eigenvalue weighted by Crippen LogP contribution is 2.44. The molecule has 0 radical (unpaired) electrons. The van der Waals surface area contributed by atoms with E-state index in [9.17, 15) is 19.7 Å². The number of amides is 1. The van der Waals surface area contributed by atoms with Crippen LogP contribution in [-0.4, -0.2) is 59.9 Å². The highest BCUT2D eigenvalue weighted by atomic mass is 35.5. The van der Waals surface area contributed by atoms with Crippen LogP contribution in [0.5, 0.6) is 0 Å². The van der Waals surface area contributed by atoms with Crippen molar-refractivity contribution in [1.82, 2.24) is 15.1 Å². The fourth-order valence-corrected chi connectivity index (χ4v) is 6.98. The number of nitro groups is 1. The molecular formula is C36H41ClN4O5. The normalized spacial score (nSPS) is 17.7. The number of nitrogens with one attached hydrogen (secondary N) is 1. The average Bonchev–Trinajstić information content (AvgIpc) is 3.10.